The first-order valence-corrected chi connectivity index (χ1v) is 18.1. The summed E-state index contributed by atoms with van der Waals surface area (Å²) in [7, 11) is -12.7. The number of para-hydroxylation sites is 1. The van der Waals surface area contributed by atoms with Gasteiger partial charge in [-0.05, 0) is 36.4 Å². The molecule has 208 valence electrons. The van der Waals surface area contributed by atoms with Gasteiger partial charge in [0, 0.05) is 17.7 Å². The maximum atomic E-state index is 13.7. The Hall–Kier alpha value is -3.11. The minimum Gasteiger partial charge on any atom is -0.376 e. The summed E-state index contributed by atoms with van der Waals surface area (Å²) in [5, 5.41) is 0.302. The number of alkyl halides is 3. The van der Waals surface area contributed by atoms with Crippen molar-refractivity contribution >= 4 is 33.4 Å². The van der Waals surface area contributed by atoms with Crippen molar-refractivity contribution in [1.29, 1.82) is 0 Å². The molecule has 0 heterocycles. The normalized spacial score (nSPS) is 12.6. The van der Waals surface area contributed by atoms with E-state index in [9.17, 15) is 30.0 Å². The van der Waals surface area contributed by atoms with Crippen molar-refractivity contribution in [2.45, 2.75) is 43.5 Å². The van der Waals surface area contributed by atoms with E-state index in [1.165, 1.54) is 24.3 Å². The summed E-state index contributed by atoms with van der Waals surface area (Å²) in [5.74, 6) is 5.18. The maximum Gasteiger partial charge on any atom is 0.534 e. The molecule has 0 saturated carbocycles. The van der Waals surface area contributed by atoms with Crippen LogP contribution in [0.5, 0.6) is 5.75 Å². The quantitative estimate of drug-likeness (QED) is 0.158. The van der Waals surface area contributed by atoms with Crippen LogP contribution in [0.4, 0.5) is 13.2 Å². The van der Waals surface area contributed by atoms with Crippen molar-refractivity contribution in [3.05, 3.63) is 89.5 Å². The molecule has 6 nitrogen and oxygen atoms in total. The molecule has 3 aromatic rings. The van der Waals surface area contributed by atoms with Gasteiger partial charge in [-0.1, -0.05) is 85.6 Å². The molecule has 3 rings (SSSR count). The van der Waals surface area contributed by atoms with Crippen molar-refractivity contribution < 1.29 is 34.2 Å². The molecule has 0 saturated heterocycles. The SMILES string of the molecule is Cc1ccc(S(=O)(=O)N(CC#Cc2ccccc2)Cc2cccc([Si](C)(C)C)c2OS(=O)(=O)C(F)(F)F)cc1. The fourth-order valence-corrected chi connectivity index (χ4v) is 6.98. The molecule has 0 N–H and O–H groups in total. The minimum absolute atomic E-state index is 0.0278. The zero-order valence-corrected chi connectivity index (χ0v) is 24.4. The van der Waals surface area contributed by atoms with Crippen molar-refractivity contribution in [3.63, 3.8) is 0 Å². The molecule has 12 heteroatoms. The number of sulfonamides is 1. The van der Waals surface area contributed by atoms with Gasteiger partial charge in [0.15, 0.2) is 0 Å². The standard InChI is InChI=1S/C27H28F3NO5S2Si/c1-21-15-17-24(18-16-21)37(32,33)31(19-9-12-22-10-6-5-7-11-22)20-23-13-8-14-25(39(2,3)4)26(23)36-38(34,35)27(28,29)30/h5-8,10-11,13-18H,19-20H2,1-4H3. The molecule has 0 radical (unpaired) electrons. The lowest BCUT2D eigenvalue weighted by Crippen LogP contribution is -2.41. The molecule has 3 aromatic carbocycles. The van der Waals surface area contributed by atoms with Gasteiger partial charge in [-0.2, -0.15) is 25.9 Å². The van der Waals surface area contributed by atoms with Gasteiger partial charge in [0.2, 0.25) is 10.0 Å². The lowest BCUT2D eigenvalue weighted by atomic mass is 10.2. The number of benzene rings is 3. The summed E-state index contributed by atoms with van der Waals surface area (Å²) in [6, 6.07) is 19.3. The van der Waals surface area contributed by atoms with Crippen LogP contribution in [0.25, 0.3) is 0 Å². The molecular formula is C27H28F3NO5S2Si. The molecule has 0 unspecified atom stereocenters. The Morgan fingerprint density at radius 2 is 1.49 bits per heavy atom. The van der Waals surface area contributed by atoms with E-state index in [1.807, 2.05) is 19.6 Å². The number of nitrogens with zero attached hydrogens (tertiary/aromatic N) is 1. The van der Waals surface area contributed by atoms with Gasteiger partial charge >= 0.3 is 15.6 Å². The predicted octanol–water partition coefficient (Wildman–Crippen LogP) is 5.01. The first-order chi connectivity index (χ1) is 18.0. The number of rotatable bonds is 8. The van der Waals surface area contributed by atoms with E-state index in [4.69, 9.17) is 0 Å². The highest BCUT2D eigenvalue weighted by molar-refractivity contribution is 7.89. The van der Waals surface area contributed by atoms with E-state index in [-0.39, 0.29) is 17.0 Å². The molecule has 0 fully saturated rings. The van der Waals surface area contributed by atoms with Gasteiger partial charge in [-0.3, -0.25) is 0 Å². The molecule has 0 amide bonds. The summed E-state index contributed by atoms with van der Waals surface area (Å²) in [5.41, 5.74) is -4.21. The maximum absolute atomic E-state index is 13.7. The highest BCUT2D eigenvalue weighted by atomic mass is 32.2. The Balaban J connectivity index is 2.14. The molecule has 0 aliphatic rings. The lowest BCUT2D eigenvalue weighted by Gasteiger charge is -2.26. The molecular weight excluding hydrogens is 568 g/mol. The monoisotopic (exact) mass is 595 g/mol. The van der Waals surface area contributed by atoms with Crippen LogP contribution in [0.1, 0.15) is 16.7 Å². The molecule has 0 atom stereocenters. The van der Waals surface area contributed by atoms with Crippen molar-refractivity contribution in [2.75, 3.05) is 6.54 Å². The van der Waals surface area contributed by atoms with Crippen LogP contribution >= 0.6 is 0 Å². The second-order valence-corrected chi connectivity index (χ2v) is 18.3. The zero-order valence-electron chi connectivity index (χ0n) is 21.8. The van der Waals surface area contributed by atoms with E-state index >= 15 is 0 Å². The molecule has 0 aliphatic carbocycles. The largest absolute Gasteiger partial charge is 0.534 e. The summed E-state index contributed by atoms with van der Waals surface area (Å²) >= 11 is 0. The average molecular weight is 596 g/mol. The Kier molecular flexibility index (Phi) is 9.01. The number of halogens is 3. The average Bonchev–Trinajstić information content (AvgIpc) is 2.83. The fourth-order valence-electron chi connectivity index (χ4n) is 3.58. The third-order valence-corrected chi connectivity index (χ3v) is 10.4. The summed E-state index contributed by atoms with van der Waals surface area (Å²) in [4.78, 5) is -0.0404. The highest BCUT2D eigenvalue weighted by Crippen LogP contribution is 2.31. The number of hydrogen-bond acceptors (Lipinski definition) is 5. The number of aryl methyl sites for hydroxylation is 1. The molecule has 0 aliphatic heterocycles. The molecule has 0 spiro atoms. The van der Waals surface area contributed by atoms with Crippen LogP contribution in [-0.2, 0) is 26.7 Å². The second-order valence-electron chi connectivity index (χ2n) is 9.78. The molecule has 0 bridgehead atoms. The van der Waals surface area contributed by atoms with Gasteiger partial charge in [-0.25, -0.2) is 8.42 Å². The van der Waals surface area contributed by atoms with E-state index in [0.717, 1.165) is 9.87 Å². The fraction of sp³-hybridized carbons (Fsp3) is 0.259. The molecule has 39 heavy (non-hydrogen) atoms. The highest BCUT2D eigenvalue weighted by Gasteiger charge is 2.49. The van der Waals surface area contributed by atoms with Crippen LogP contribution in [-0.4, -0.2) is 41.3 Å². The van der Waals surface area contributed by atoms with Gasteiger partial charge in [-0.15, -0.1) is 0 Å². The van der Waals surface area contributed by atoms with Crippen LogP contribution in [0.3, 0.4) is 0 Å². The second kappa shape index (κ2) is 11.6. The van der Waals surface area contributed by atoms with Crippen LogP contribution in [0.15, 0.2) is 77.7 Å². The van der Waals surface area contributed by atoms with E-state index in [1.54, 1.807) is 55.5 Å². The third-order valence-electron chi connectivity index (χ3n) is 5.65. The Bertz CT molecular complexity index is 1590. The van der Waals surface area contributed by atoms with Gasteiger partial charge in [0.25, 0.3) is 0 Å². The van der Waals surface area contributed by atoms with E-state index < -0.39 is 46.0 Å². The van der Waals surface area contributed by atoms with E-state index in [0.29, 0.717) is 10.8 Å². The van der Waals surface area contributed by atoms with Gasteiger partial charge in [0.05, 0.1) is 19.5 Å². The van der Waals surface area contributed by atoms with Gasteiger partial charge in [0.1, 0.15) is 5.75 Å². The summed E-state index contributed by atoms with van der Waals surface area (Å²) in [6.45, 7) is 6.45. The minimum atomic E-state index is -6.01. The van der Waals surface area contributed by atoms with Crippen LogP contribution in [0, 0.1) is 18.8 Å². The topological polar surface area (TPSA) is 80.8 Å². The van der Waals surface area contributed by atoms with Gasteiger partial charge < -0.3 is 4.18 Å². The van der Waals surface area contributed by atoms with Crippen LogP contribution in [0.2, 0.25) is 19.6 Å². The smallest absolute Gasteiger partial charge is 0.376 e. The first kappa shape index (κ1) is 30.4. The van der Waals surface area contributed by atoms with Crippen LogP contribution < -0.4 is 9.37 Å². The Morgan fingerprint density at radius 3 is 2.05 bits per heavy atom. The van der Waals surface area contributed by atoms with Crippen molar-refractivity contribution in [3.8, 4) is 17.6 Å². The Labute approximate surface area is 228 Å². The zero-order chi connectivity index (χ0) is 29.1. The van der Waals surface area contributed by atoms with Crippen molar-refractivity contribution in [1.82, 2.24) is 4.31 Å². The molecule has 0 aromatic heterocycles. The predicted molar refractivity (Wildman–Crippen MR) is 147 cm³/mol. The van der Waals surface area contributed by atoms with E-state index in [2.05, 4.69) is 16.0 Å². The Morgan fingerprint density at radius 1 is 0.872 bits per heavy atom. The number of hydrogen-bond donors (Lipinski definition) is 0. The summed E-state index contributed by atoms with van der Waals surface area (Å²) in [6.07, 6.45) is 0. The first-order valence-electron chi connectivity index (χ1n) is 11.8. The van der Waals surface area contributed by atoms with Crippen molar-refractivity contribution in [2.24, 2.45) is 0 Å². The summed E-state index contributed by atoms with van der Waals surface area (Å²) < 4.78 is 96.9. The third kappa shape index (κ3) is 7.51. The lowest BCUT2D eigenvalue weighted by molar-refractivity contribution is -0.0500.